The van der Waals surface area contributed by atoms with Crippen LogP contribution in [0, 0.1) is 5.92 Å². The average Bonchev–Trinajstić information content (AvgIpc) is 2.08. The number of likely N-dealkylation sites (N-methyl/N-ethyl adjacent to an activating group) is 1. The Morgan fingerprint density at radius 2 is 1.88 bits per heavy atom. The molecule has 0 aliphatic rings. The number of rotatable bonds is 5. The summed E-state index contributed by atoms with van der Waals surface area (Å²) in [5, 5.41) is 6.11. The van der Waals surface area contributed by atoms with Crippen molar-refractivity contribution < 1.29 is 9.53 Å². The summed E-state index contributed by atoms with van der Waals surface area (Å²) in [6.45, 7) is 13.5. The van der Waals surface area contributed by atoms with Crippen LogP contribution in [-0.4, -0.2) is 30.8 Å². The maximum atomic E-state index is 11.6. The highest BCUT2D eigenvalue weighted by Gasteiger charge is 2.20. The lowest BCUT2D eigenvalue weighted by Crippen LogP contribution is -2.47. The molecular weight excluding hydrogens is 204 g/mol. The Kier molecular flexibility index (Phi) is 6.41. The Hall–Kier alpha value is -0.770. The van der Waals surface area contributed by atoms with E-state index in [4.69, 9.17) is 4.74 Å². The summed E-state index contributed by atoms with van der Waals surface area (Å²) in [7, 11) is 0. The number of carbonyl (C=O) groups excluding carboxylic acids is 1. The molecule has 0 saturated carbocycles. The molecule has 96 valence electrons. The van der Waals surface area contributed by atoms with E-state index in [0.29, 0.717) is 5.92 Å². The molecule has 0 aromatic carbocycles. The summed E-state index contributed by atoms with van der Waals surface area (Å²) in [5.41, 5.74) is -0.441. The first-order valence-electron chi connectivity index (χ1n) is 5.96. The molecule has 0 aliphatic heterocycles. The molecule has 1 atom stereocenters. The van der Waals surface area contributed by atoms with Crippen molar-refractivity contribution in [2.24, 2.45) is 5.92 Å². The molecule has 0 radical (unpaired) electrons. The second kappa shape index (κ2) is 6.74. The van der Waals surface area contributed by atoms with Gasteiger partial charge in [0.15, 0.2) is 0 Å². The van der Waals surface area contributed by atoms with Gasteiger partial charge < -0.3 is 15.4 Å². The molecule has 1 amide bonds. The van der Waals surface area contributed by atoms with Gasteiger partial charge in [-0.3, -0.25) is 0 Å². The number of alkyl carbamates (subject to hydrolysis) is 1. The third-order valence-corrected chi connectivity index (χ3v) is 2.12. The zero-order valence-corrected chi connectivity index (χ0v) is 11.4. The zero-order chi connectivity index (χ0) is 12.8. The Balaban J connectivity index is 4.13. The van der Waals surface area contributed by atoms with Crippen molar-refractivity contribution in [2.75, 3.05) is 13.1 Å². The first kappa shape index (κ1) is 15.2. The minimum Gasteiger partial charge on any atom is -0.444 e. The van der Waals surface area contributed by atoms with E-state index in [9.17, 15) is 4.79 Å². The van der Waals surface area contributed by atoms with Gasteiger partial charge in [-0.15, -0.1) is 0 Å². The van der Waals surface area contributed by atoms with Crippen LogP contribution in [0.2, 0.25) is 0 Å². The average molecular weight is 230 g/mol. The smallest absolute Gasteiger partial charge is 0.407 e. The van der Waals surface area contributed by atoms with Crippen molar-refractivity contribution in [1.29, 1.82) is 0 Å². The first-order valence-corrected chi connectivity index (χ1v) is 5.96. The molecular formula is C12H26N2O2. The second-order valence-corrected chi connectivity index (χ2v) is 5.30. The molecule has 0 fully saturated rings. The fraction of sp³-hybridized carbons (Fsp3) is 0.917. The Morgan fingerprint density at radius 1 is 1.31 bits per heavy atom. The highest BCUT2D eigenvalue weighted by atomic mass is 16.6. The van der Waals surface area contributed by atoms with Crippen LogP contribution in [0.25, 0.3) is 0 Å². The van der Waals surface area contributed by atoms with Gasteiger partial charge in [-0.25, -0.2) is 4.79 Å². The first-order chi connectivity index (χ1) is 7.26. The summed E-state index contributed by atoms with van der Waals surface area (Å²) in [5.74, 6) is 0.381. The molecule has 0 spiro atoms. The van der Waals surface area contributed by atoms with Crippen molar-refractivity contribution >= 4 is 6.09 Å². The van der Waals surface area contributed by atoms with E-state index in [1.54, 1.807) is 0 Å². The fourth-order valence-electron chi connectivity index (χ4n) is 1.21. The third-order valence-electron chi connectivity index (χ3n) is 2.12. The SMILES string of the molecule is CCNCC(NC(=O)OC(C)(C)C)C(C)C. The van der Waals surface area contributed by atoms with Crippen LogP contribution in [0.4, 0.5) is 4.79 Å². The number of amides is 1. The highest BCUT2D eigenvalue weighted by molar-refractivity contribution is 5.68. The molecule has 0 aromatic rings. The summed E-state index contributed by atoms with van der Waals surface area (Å²) in [6.07, 6.45) is -0.343. The van der Waals surface area contributed by atoms with Crippen LogP contribution in [0.15, 0.2) is 0 Å². The maximum absolute atomic E-state index is 11.6. The zero-order valence-electron chi connectivity index (χ0n) is 11.4. The van der Waals surface area contributed by atoms with Crippen LogP contribution in [0.5, 0.6) is 0 Å². The number of hydrogen-bond donors (Lipinski definition) is 2. The van der Waals surface area contributed by atoms with Crippen LogP contribution >= 0.6 is 0 Å². The van der Waals surface area contributed by atoms with E-state index in [2.05, 4.69) is 24.5 Å². The molecule has 1 unspecified atom stereocenters. The molecule has 0 heterocycles. The summed E-state index contributed by atoms with van der Waals surface area (Å²) in [6, 6.07) is 0.106. The summed E-state index contributed by atoms with van der Waals surface area (Å²) >= 11 is 0. The standard InChI is InChI=1S/C12H26N2O2/c1-7-13-8-10(9(2)3)14-11(15)16-12(4,5)6/h9-10,13H,7-8H2,1-6H3,(H,14,15). The van der Waals surface area contributed by atoms with E-state index in [1.165, 1.54) is 0 Å². The van der Waals surface area contributed by atoms with Gasteiger partial charge in [0.2, 0.25) is 0 Å². The van der Waals surface area contributed by atoms with Crippen molar-refractivity contribution in [3.63, 3.8) is 0 Å². The molecule has 0 aromatic heterocycles. The molecule has 4 heteroatoms. The predicted molar refractivity (Wildman–Crippen MR) is 66.5 cm³/mol. The number of carbonyl (C=O) groups is 1. The lowest BCUT2D eigenvalue weighted by atomic mass is 10.0. The predicted octanol–water partition coefficient (Wildman–Crippen LogP) is 2.15. The van der Waals surface area contributed by atoms with Crippen LogP contribution in [0.3, 0.4) is 0 Å². The summed E-state index contributed by atoms with van der Waals surface area (Å²) < 4.78 is 5.22. The Labute approximate surface area is 99.1 Å². The monoisotopic (exact) mass is 230 g/mol. The molecule has 4 nitrogen and oxygen atoms in total. The van der Waals surface area contributed by atoms with Gasteiger partial charge in [-0.05, 0) is 33.2 Å². The largest absolute Gasteiger partial charge is 0.444 e. The van der Waals surface area contributed by atoms with Gasteiger partial charge in [0.25, 0.3) is 0 Å². The van der Waals surface area contributed by atoms with Gasteiger partial charge in [-0.1, -0.05) is 20.8 Å². The van der Waals surface area contributed by atoms with E-state index in [0.717, 1.165) is 13.1 Å². The van der Waals surface area contributed by atoms with Crippen LogP contribution in [-0.2, 0) is 4.74 Å². The Morgan fingerprint density at radius 3 is 2.25 bits per heavy atom. The van der Waals surface area contributed by atoms with Gasteiger partial charge in [0.1, 0.15) is 5.60 Å². The minimum atomic E-state index is -0.441. The second-order valence-electron chi connectivity index (χ2n) is 5.30. The molecule has 0 rings (SSSR count). The van der Waals surface area contributed by atoms with E-state index >= 15 is 0 Å². The van der Waals surface area contributed by atoms with E-state index in [-0.39, 0.29) is 12.1 Å². The lowest BCUT2D eigenvalue weighted by Gasteiger charge is -2.25. The van der Waals surface area contributed by atoms with E-state index < -0.39 is 5.60 Å². The highest BCUT2D eigenvalue weighted by Crippen LogP contribution is 2.08. The van der Waals surface area contributed by atoms with Crippen molar-refractivity contribution in [2.45, 2.75) is 53.2 Å². The molecule has 0 aliphatic carbocycles. The lowest BCUT2D eigenvalue weighted by molar-refractivity contribution is 0.0490. The van der Waals surface area contributed by atoms with Gasteiger partial charge >= 0.3 is 6.09 Å². The molecule has 16 heavy (non-hydrogen) atoms. The molecule has 0 saturated heterocycles. The normalized spacial score (nSPS) is 13.7. The van der Waals surface area contributed by atoms with Gasteiger partial charge in [0, 0.05) is 12.6 Å². The maximum Gasteiger partial charge on any atom is 0.407 e. The molecule has 2 N–H and O–H groups in total. The number of nitrogens with one attached hydrogen (secondary N) is 2. The Bertz CT molecular complexity index is 210. The van der Waals surface area contributed by atoms with Crippen LogP contribution in [0.1, 0.15) is 41.5 Å². The van der Waals surface area contributed by atoms with Crippen molar-refractivity contribution in [3.05, 3.63) is 0 Å². The quantitative estimate of drug-likeness (QED) is 0.761. The van der Waals surface area contributed by atoms with Gasteiger partial charge in [0.05, 0.1) is 0 Å². The number of hydrogen-bond acceptors (Lipinski definition) is 3. The van der Waals surface area contributed by atoms with Crippen LogP contribution < -0.4 is 10.6 Å². The van der Waals surface area contributed by atoms with E-state index in [1.807, 2.05) is 27.7 Å². The number of ether oxygens (including phenoxy) is 1. The van der Waals surface area contributed by atoms with Crippen molar-refractivity contribution in [3.8, 4) is 0 Å². The minimum absolute atomic E-state index is 0.106. The fourth-order valence-corrected chi connectivity index (χ4v) is 1.21. The van der Waals surface area contributed by atoms with Crippen molar-refractivity contribution in [1.82, 2.24) is 10.6 Å². The third kappa shape index (κ3) is 7.51. The van der Waals surface area contributed by atoms with Gasteiger partial charge in [-0.2, -0.15) is 0 Å². The topological polar surface area (TPSA) is 50.4 Å². The molecule has 0 bridgehead atoms. The summed E-state index contributed by atoms with van der Waals surface area (Å²) in [4.78, 5) is 11.6.